The molecule has 0 amide bonds. The fraction of sp³-hybridized carbons (Fsp3) is 0.269. The zero-order valence-electron chi connectivity index (χ0n) is 19.9. The fourth-order valence-electron chi connectivity index (χ4n) is 4.70. The second-order valence-electron chi connectivity index (χ2n) is 8.83. The highest BCUT2D eigenvalue weighted by Gasteiger charge is 2.22. The molecule has 0 aliphatic carbocycles. The number of imidazole rings is 1. The van der Waals surface area contributed by atoms with Crippen LogP contribution in [0, 0.1) is 0 Å². The highest BCUT2D eigenvalue weighted by molar-refractivity contribution is 5.83. The lowest BCUT2D eigenvalue weighted by Crippen LogP contribution is -2.36. The summed E-state index contributed by atoms with van der Waals surface area (Å²) in [4.78, 5) is 37.4. The number of nitrogens with zero attached hydrogens (tertiary/aromatic N) is 6. The molecular formula is C26H26N8O2. The van der Waals surface area contributed by atoms with Gasteiger partial charge in [0.1, 0.15) is 17.7 Å². The topological polar surface area (TPSA) is 114 Å². The Bertz CT molecular complexity index is 1570. The van der Waals surface area contributed by atoms with Gasteiger partial charge in [-0.15, -0.1) is 0 Å². The van der Waals surface area contributed by atoms with Crippen molar-refractivity contribution in [3.8, 4) is 5.69 Å². The zero-order valence-corrected chi connectivity index (χ0v) is 19.9. The first-order valence-corrected chi connectivity index (χ1v) is 12.0. The second kappa shape index (κ2) is 9.48. The summed E-state index contributed by atoms with van der Waals surface area (Å²) in [6, 6.07) is 15.2. The summed E-state index contributed by atoms with van der Waals surface area (Å²) < 4.78 is 7.20. The lowest BCUT2D eigenvalue weighted by molar-refractivity contribution is 0.0343. The number of rotatable bonds is 6. The molecule has 1 unspecified atom stereocenters. The number of benzene rings is 2. The van der Waals surface area contributed by atoms with Gasteiger partial charge in [0.15, 0.2) is 11.5 Å². The first kappa shape index (κ1) is 22.3. The van der Waals surface area contributed by atoms with Crippen molar-refractivity contribution in [1.29, 1.82) is 0 Å². The van der Waals surface area contributed by atoms with Crippen molar-refractivity contribution >= 4 is 27.9 Å². The van der Waals surface area contributed by atoms with E-state index in [1.54, 1.807) is 10.9 Å². The second-order valence-corrected chi connectivity index (χ2v) is 8.83. The molecule has 182 valence electrons. The Kier molecular flexibility index (Phi) is 5.88. The third-order valence-corrected chi connectivity index (χ3v) is 6.48. The molecule has 10 heteroatoms. The molecule has 2 N–H and O–H groups in total. The van der Waals surface area contributed by atoms with Crippen LogP contribution in [0.1, 0.15) is 24.4 Å². The molecule has 2 aromatic carbocycles. The molecule has 1 aliphatic rings. The summed E-state index contributed by atoms with van der Waals surface area (Å²) in [6.07, 6.45) is 3.06. The van der Waals surface area contributed by atoms with Crippen LogP contribution in [0.2, 0.25) is 0 Å². The SMILES string of the molecule is CC(Nc1ncnc2[nH]cnc12)c1nc2cccc(CN3CCOCC3)c2c(=O)n1-c1ccccc1. The number of aromatic nitrogens is 6. The first-order chi connectivity index (χ1) is 17.7. The minimum atomic E-state index is -0.347. The van der Waals surface area contributed by atoms with E-state index >= 15 is 0 Å². The van der Waals surface area contributed by atoms with Crippen molar-refractivity contribution in [2.75, 3.05) is 31.6 Å². The number of aromatic amines is 1. The van der Waals surface area contributed by atoms with E-state index in [4.69, 9.17) is 9.72 Å². The quantitative estimate of drug-likeness (QED) is 0.380. The lowest BCUT2D eigenvalue weighted by atomic mass is 10.1. The molecule has 6 rings (SSSR count). The van der Waals surface area contributed by atoms with Crippen molar-refractivity contribution in [1.82, 2.24) is 34.4 Å². The summed E-state index contributed by atoms with van der Waals surface area (Å²) in [7, 11) is 0. The number of anilines is 1. The van der Waals surface area contributed by atoms with Gasteiger partial charge in [0.25, 0.3) is 5.56 Å². The van der Waals surface area contributed by atoms with Crippen molar-refractivity contribution in [3.63, 3.8) is 0 Å². The van der Waals surface area contributed by atoms with Crippen LogP contribution in [0.25, 0.3) is 27.8 Å². The van der Waals surface area contributed by atoms with Gasteiger partial charge in [-0.2, -0.15) is 0 Å². The van der Waals surface area contributed by atoms with E-state index in [2.05, 4.69) is 30.2 Å². The molecule has 36 heavy (non-hydrogen) atoms. The minimum absolute atomic E-state index is 0.0914. The van der Waals surface area contributed by atoms with E-state index in [-0.39, 0.29) is 11.6 Å². The van der Waals surface area contributed by atoms with Crippen LogP contribution in [-0.2, 0) is 11.3 Å². The predicted molar refractivity (Wildman–Crippen MR) is 137 cm³/mol. The average molecular weight is 483 g/mol. The van der Waals surface area contributed by atoms with Gasteiger partial charge in [-0.3, -0.25) is 14.3 Å². The number of ether oxygens (including phenoxy) is 1. The molecule has 3 aromatic heterocycles. The van der Waals surface area contributed by atoms with Crippen LogP contribution in [-0.4, -0.2) is 60.7 Å². The summed E-state index contributed by atoms with van der Waals surface area (Å²) in [6.45, 7) is 5.74. The molecule has 0 bridgehead atoms. The summed E-state index contributed by atoms with van der Waals surface area (Å²) in [5.41, 5.74) is 3.58. The molecule has 1 saturated heterocycles. The lowest BCUT2D eigenvalue weighted by Gasteiger charge is -2.27. The zero-order chi connectivity index (χ0) is 24.5. The number of morpholine rings is 1. The molecule has 1 fully saturated rings. The Morgan fingerprint density at radius 2 is 1.89 bits per heavy atom. The van der Waals surface area contributed by atoms with Gasteiger partial charge in [0.2, 0.25) is 0 Å². The number of nitrogens with one attached hydrogen (secondary N) is 2. The maximum Gasteiger partial charge on any atom is 0.266 e. The Labute approximate surface area is 207 Å². The highest BCUT2D eigenvalue weighted by Crippen LogP contribution is 2.25. The maximum absolute atomic E-state index is 14.1. The number of H-pyrrole nitrogens is 1. The third-order valence-electron chi connectivity index (χ3n) is 6.48. The minimum Gasteiger partial charge on any atom is -0.379 e. The van der Waals surface area contributed by atoms with Crippen LogP contribution < -0.4 is 10.9 Å². The predicted octanol–water partition coefficient (Wildman–Crippen LogP) is 3.06. The van der Waals surface area contributed by atoms with Crippen molar-refractivity contribution in [3.05, 3.63) is 82.9 Å². The van der Waals surface area contributed by atoms with Gasteiger partial charge in [0, 0.05) is 19.6 Å². The van der Waals surface area contributed by atoms with Gasteiger partial charge < -0.3 is 15.0 Å². The standard InChI is InChI=1S/C26H26N8O2/c1-17(31-24-22-23(28-15-27-22)29-16-30-24)25-32-20-9-5-6-18(14-33-10-12-36-13-11-33)21(20)26(35)34(25)19-7-3-2-4-8-19/h2-9,15-17H,10-14H2,1H3,(H2,27,28,29,30,31). The Balaban J connectivity index is 1.48. The summed E-state index contributed by atoms with van der Waals surface area (Å²) >= 11 is 0. The van der Waals surface area contributed by atoms with Crippen molar-refractivity contribution < 1.29 is 4.74 Å². The van der Waals surface area contributed by atoms with Crippen LogP contribution in [0.4, 0.5) is 5.82 Å². The van der Waals surface area contributed by atoms with Crippen LogP contribution in [0.15, 0.2) is 66.0 Å². The largest absolute Gasteiger partial charge is 0.379 e. The van der Waals surface area contributed by atoms with E-state index in [0.717, 1.165) is 24.3 Å². The highest BCUT2D eigenvalue weighted by atomic mass is 16.5. The summed E-state index contributed by atoms with van der Waals surface area (Å²) in [5.74, 6) is 1.16. The molecule has 4 heterocycles. The fourth-order valence-corrected chi connectivity index (χ4v) is 4.70. The number of hydrogen-bond donors (Lipinski definition) is 2. The molecule has 10 nitrogen and oxygen atoms in total. The molecule has 0 saturated carbocycles. The van der Waals surface area contributed by atoms with E-state index in [1.807, 2.05) is 55.5 Å². The van der Waals surface area contributed by atoms with E-state index in [1.165, 1.54) is 6.33 Å². The van der Waals surface area contributed by atoms with Gasteiger partial charge in [-0.05, 0) is 30.7 Å². The number of fused-ring (bicyclic) bond motifs is 2. The smallest absolute Gasteiger partial charge is 0.266 e. The number of para-hydroxylation sites is 1. The van der Waals surface area contributed by atoms with Gasteiger partial charge in [0.05, 0.1) is 42.2 Å². The summed E-state index contributed by atoms with van der Waals surface area (Å²) in [5, 5.41) is 4.03. The Morgan fingerprint density at radius 3 is 2.72 bits per heavy atom. The Hall–Kier alpha value is -4.15. The van der Waals surface area contributed by atoms with E-state index < -0.39 is 0 Å². The molecular weight excluding hydrogens is 456 g/mol. The van der Waals surface area contributed by atoms with Gasteiger partial charge in [-0.1, -0.05) is 30.3 Å². The van der Waals surface area contributed by atoms with Crippen molar-refractivity contribution in [2.45, 2.75) is 19.5 Å². The van der Waals surface area contributed by atoms with E-state index in [0.29, 0.717) is 53.5 Å². The molecule has 0 radical (unpaired) electrons. The normalized spacial score (nSPS) is 15.4. The third kappa shape index (κ3) is 4.10. The molecule has 1 atom stereocenters. The van der Waals surface area contributed by atoms with Gasteiger partial charge in [-0.25, -0.2) is 19.9 Å². The average Bonchev–Trinajstić information content (AvgIpc) is 3.40. The Morgan fingerprint density at radius 1 is 1.06 bits per heavy atom. The maximum atomic E-state index is 14.1. The molecule has 5 aromatic rings. The monoisotopic (exact) mass is 482 g/mol. The van der Waals surface area contributed by atoms with Crippen LogP contribution in [0.5, 0.6) is 0 Å². The first-order valence-electron chi connectivity index (χ1n) is 12.0. The molecule has 0 spiro atoms. The van der Waals surface area contributed by atoms with Crippen LogP contribution >= 0.6 is 0 Å². The molecule has 1 aliphatic heterocycles. The van der Waals surface area contributed by atoms with Gasteiger partial charge >= 0.3 is 0 Å². The van der Waals surface area contributed by atoms with Crippen molar-refractivity contribution in [2.24, 2.45) is 0 Å². The van der Waals surface area contributed by atoms with E-state index in [9.17, 15) is 4.79 Å². The van der Waals surface area contributed by atoms with Crippen LogP contribution in [0.3, 0.4) is 0 Å². The number of hydrogen-bond acceptors (Lipinski definition) is 8.